The first kappa shape index (κ1) is 13.8. The number of carbonyl (C=O) groups excluding carboxylic acids is 1. The number of anilines is 1. The van der Waals surface area contributed by atoms with Gasteiger partial charge in [0.1, 0.15) is 0 Å². The third kappa shape index (κ3) is 3.24. The van der Waals surface area contributed by atoms with Gasteiger partial charge in [-0.3, -0.25) is 4.79 Å². The molecular formula is C16H16BrNO. The van der Waals surface area contributed by atoms with Crippen LogP contribution in [0.1, 0.15) is 27.0 Å². The molecule has 0 aromatic heterocycles. The highest BCUT2D eigenvalue weighted by Crippen LogP contribution is 2.24. The molecule has 0 radical (unpaired) electrons. The van der Waals surface area contributed by atoms with Crippen molar-refractivity contribution < 1.29 is 4.79 Å². The highest BCUT2D eigenvalue weighted by atomic mass is 79.9. The van der Waals surface area contributed by atoms with Crippen LogP contribution in [-0.4, -0.2) is 5.91 Å². The van der Waals surface area contributed by atoms with E-state index in [9.17, 15) is 4.79 Å². The SMILES string of the molecule is Cc1ccc(NC(=O)c2cc(C)ccc2C)c(Br)c1. The maximum atomic E-state index is 12.3. The van der Waals surface area contributed by atoms with Crippen LogP contribution in [-0.2, 0) is 0 Å². The Bertz CT molecular complexity index is 635. The molecule has 2 rings (SSSR count). The molecule has 0 aliphatic carbocycles. The van der Waals surface area contributed by atoms with E-state index in [1.165, 1.54) is 0 Å². The van der Waals surface area contributed by atoms with Gasteiger partial charge >= 0.3 is 0 Å². The molecule has 0 fully saturated rings. The Morgan fingerprint density at radius 3 is 2.32 bits per heavy atom. The number of nitrogens with one attached hydrogen (secondary N) is 1. The molecule has 0 atom stereocenters. The number of hydrogen-bond acceptors (Lipinski definition) is 1. The van der Waals surface area contributed by atoms with Gasteiger partial charge in [-0.05, 0) is 66.0 Å². The minimum absolute atomic E-state index is 0.0780. The molecular weight excluding hydrogens is 302 g/mol. The van der Waals surface area contributed by atoms with Crippen LogP contribution >= 0.6 is 15.9 Å². The average molecular weight is 318 g/mol. The summed E-state index contributed by atoms with van der Waals surface area (Å²) in [7, 11) is 0. The predicted octanol–water partition coefficient (Wildman–Crippen LogP) is 4.63. The zero-order valence-corrected chi connectivity index (χ0v) is 12.8. The summed E-state index contributed by atoms with van der Waals surface area (Å²) in [5.41, 5.74) is 4.71. The molecule has 1 N–H and O–H groups in total. The molecule has 1 amide bonds. The Hall–Kier alpha value is -1.61. The van der Waals surface area contributed by atoms with Crippen molar-refractivity contribution >= 4 is 27.5 Å². The van der Waals surface area contributed by atoms with Crippen molar-refractivity contribution in [2.75, 3.05) is 5.32 Å². The van der Waals surface area contributed by atoms with Crippen LogP contribution in [0.25, 0.3) is 0 Å². The van der Waals surface area contributed by atoms with Gasteiger partial charge in [0.2, 0.25) is 0 Å². The molecule has 0 bridgehead atoms. The summed E-state index contributed by atoms with van der Waals surface area (Å²) in [4.78, 5) is 12.3. The summed E-state index contributed by atoms with van der Waals surface area (Å²) in [5, 5.41) is 2.94. The van der Waals surface area contributed by atoms with Crippen molar-refractivity contribution in [3.05, 3.63) is 63.1 Å². The fraction of sp³-hybridized carbons (Fsp3) is 0.188. The Labute approximate surface area is 122 Å². The number of aryl methyl sites for hydroxylation is 3. The first-order chi connectivity index (χ1) is 8.97. The van der Waals surface area contributed by atoms with E-state index in [1.54, 1.807) is 0 Å². The molecule has 2 nitrogen and oxygen atoms in total. The van der Waals surface area contributed by atoms with Gasteiger partial charge in [-0.1, -0.05) is 23.8 Å². The number of carbonyl (C=O) groups is 1. The molecule has 0 aliphatic rings. The van der Waals surface area contributed by atoms with E-state index < -0.39 is 0 Å². The quantitative estimate of drug-likeness (QED) is 0.859. The number of benzene rings is 2. The molecule has 19 heavy (non-hydrogen) atoms. The van der Waals surface area contributed by atoms with Gasteiger partial charge in [-0.15, -0.1) is 0 Å². The standard InChI is InChI=1S/C16H16BrNO/c1-10-4-6-12(3)13(8-10)16(19)18-15-7-5-11(2)9-14(15)17/h4-9H,1-3H3,(H,18,19). The topological polar surface area (TPSA) is 29.1 Å². The van der Waals surface area contributed by atoms with E-state index in [1.807, 2.05) is 57.2 Å². The van der Waals surface area contributed by atoms with Crippen molar-refractivity contribution in [1.82, 2.24) is 0 Å². The van der Waals surface area contributed by atoms with Crippen molar-refractivity contribution in [2.24, 2.45) is 0 Å². The van der Waals surface area contributed by atoms with Crippen LogP contribution in [0.5, 0.6) is 0 Å². The number of hydrogen-bond donors (Lipinski definition) is 1. The van der Waals surface area contributed by atoms with Crippen molar-refractivity contribution in [3.8, 4) is 0 Å². The van der Waals surface area contributed by atoms with Gasteiger partial charge in [0.15, 0.2) is 0 Å². The van der Waals surface area contributed by atoms with E-state index in [-0.39, 0.29) is 5.91 Å². The molecule has 2 aromatic rings. The van der Waals surface area contributed by atoms with Gasteiger partial charge in [0.25, 0.3) is 5.91 Å². The van der Waals surface area contributed by atoms with Crippen molar-refractivity contribution in [1.29, 1.82) is 0 Å². The molecule has 0 saturated heterocycles. The van der Waals surface area contributed by atoms with Crippen LogP contribution < -0.4 is 5.32 Å². The average Bonchev–Trinajstić information content (AvgIpc) is 2.35. The zero-order chi connectivity index (χ0) is 14.0. The van der Waals surface area contributed by atoms with Crippen molar-refractivity contribution in [3.63, 3.8) is 0 Å². The Balaban J connectivity index is 2.28. The Morgan fingerprint density at radius 2 is 1.63 bits per heavy atom. The lowest BCUT2D eigenvalue weighted by atomic mass is 10.0. The third-order valence-electron chi connectivity index (χ3n) is 3.01. The maximum Gasteiger partial charge on any atom is 0.255 e. The monoisotopic (exact) mass is 317 g/mol. The van der Waals surface area contributed by atoms with Gasteiger partial charge in [0.05, 0.1) is 5.69 Å². The van der Waals surface area contributed by atoms with E-state index in [2.05, 4.69) is 21.2 Å². The Morgan fingerprint density at radius 1 is 1.00 bits per heavy atom. The highest BCUT2D eigenvalue weighted by molar-refractivity contribution is 9.10. The second-order valence-corrected chi connectivity index (χ2v) is 5.61. The van der Waals surface area contributed by atoms with Gasteiger partial charge < -0.3 is 5.32 Å². The normalized spacial score (nSPS) is 10.3. The molecule has 0 unspecified atom stereocenters. The molecule has 0 aliphatic heterocycles. The van der Waals surface area contributed by atoms with E-state index in [4.69, 9.17) is 0 Å². The molecule has 2 aromatic carbocycles. The van der Waals surface area contributed by atoms with Crippen LogP contribution in [0.15, 0.2) is 40.9 Å². The second kappa shape index (κ2) is 5.57. The summed E-state index contributed by atoms with van der Waals surface area (Å²) in [6.07, 6.45) is 0. The summed E-state index contributed by atoms with van der Waals surface area (Å²) in [5.74, 6) is -0.0780. The van der Waals surface area contributed by atoms with E-state index in [0.717, 1.165) is 26.9 Å². The predicted molar refractivity (Wildman–Crippen MR) is 82.7 cm³/mol. The van der Waals surface area contributed by atoms with Crippen LogP contribution in [0, 0.1) is 20.8 Å². The fourth-order valence-corrected chi connectivity index (χ4v) is 2.48. The summed E-state index contributed by atoms with van der Waals surface area (Å²) in [6, 6.07) is 11.7. The first-order valence-corrected chi connectivity index (χ1v) is 6.91. The molecule has 3 heteroatoms. The minimum atomic E-state index is -0.0780. The molecule has 0 spiro atoms. The van der Waals surface area contributed by atoms with Crippen LogP contribution in [0.2, 0.25) is 0 Å². The number of amides is 1. The van der Waals surface area contributed by atoms with E-state index in [0.29, 0.717) is 5.56 Å². The lowest BCUT2D eigenvalue weighted by Crippen LogP contribution is -2.14. The summed E-state index contributed by atoms with van der Waals surface area (Å²) in [6.45, 7) is 5.94. The maximum absolute atomic E-state index is 12.3. The van der Waals surface area contributed by atoms with Crippen LogP contribution in [0.3, 0.4) is 0 Å². The molecule has 0 saturated carbocycles. The summed E-state index contributed by atoms with van der Waals surface area (Å²) >= 11 is 3.47. The smallest absolute Gasteiger partial charge is 0.255 e. The van der Waals surface area contributed by atoms with E-state index >= 15 is 0 Å². The molecule has 0 heterocycles. The van der Waals surface area contributed by atoms with Crippen molar-refractivity contribution in [2.45, 2.75) is 20.8 Å². The lowest BCUT2D eigenvalue weighted by Gasteiger charge is -2.10. The van der Waals surface area contributed by atoms with Gasteiger partial charge in [-0.25, -0.2) is 0 Å². The minimum Gasteiger partial charge on any atom is -0.321 e. The second-order valence-electron chi connectivity index (χ2n) is 4.76. The Kier molecular flexibility index (Phi) is 4.05. The number of rotatable bonds is 2. The summed E-state index contributed by atoms with van der Waals surface area (Å²) < 4.78 is 0.895. The lowest BCUT2D eigenvalue weighted by molar-refractivity contribution is 0.102. The zero-order valence-electron chi connectivity index (χ0n) is 11.3. The fourth-order valence-electron chi connectivity index (χ4n) is 1.89. The largest absolute Gasteiger partial charge is 0.321 e. The van der Waals surface area contributed by atoms with Gasteiger partial charge in [-0.2, -0.15) is 0 Å². The van der Waals surface area contributed by atoms with Crippen LogP contribution in [0.4, 0.5) is 5.69 Å². The molecule has 98 valence electrons. The highest BCUT2D eigenvalue weighted by Gasteiger charge is 2.11. The third-order valence-corrected chi connectivity index (χ3v) is 3.67. The van der Waals surface area contributed by atoms with Gasteiger partial charge in [0, 0.05) is 10.0 Å². The number of halogens is 1. The first-order valence-electron chi connectivity index (χ1n) is 6.12.